The Morgan fingerprint density at radius 1 is 1.33 bits per heavy atom. The van der Waals surface area contributed by atoms with Crippen LogP contribution in [-0.4, -0.2) is 13.3 Å². The van der Waals surface area contributed by atoms with Crippen molar-refractivity contribution in [2.24, 2.45) is 0 Å². The van der Waals surface area contributed by atoms with Crippen LogP contribution in [0, 0.1) is 0 Å². The highest BCUT2D eigenvalue weighted by Gasteiger charge is 2.26. The molecule has 2 aliphatic rings. The zero-order chi connectivity index (χ0) is 10.3. The molecule has 0 aliphatic carbocycles. The van der Waals surface area contributed by atoms with E-state index in [9.17, 15) is 0 Å². The summed E-state index contributed by atoms with van der Waals surface area (Å²) in [7, 11) is 0. The Labute approximate surface area is 93.3 Å². The largest absolute Gasteiger partial charge is 0.454 e. The minimum absolute atomic E-state index is 0.301. The van der Waals surface area contributed by atoms with Gasteiger partial charge in [0.1, 0.15) is 0 Å². The average Bonchev–Trinajstić information content (AvgIpc) is 2.86. The van der Waals surface area contributed by atoms with Crippen molar-refractivity contribution in [3.8, 4) is 11.5 Å². The fourth-order valence-corrected chi connectivity index (χ4v) is 2.43. The third kappa shape index (κ3) is 1.56. The van der Waals surface area contributed by atoms with Crippen LogP contribution in [0.25, 0.3) is 0 Å². The molecule has 15 heavy (non-hydrogen) atoms. The van der Waals surface area contributed by atoms with Crippen molar-refractivity contribution < 1.29 is 9.47 Å². The second kappa shape index (κ2) is 3.58. The maximum absolute atomic E-state index is 6.04. The molecule has 1 atom stereocenters. The van der Waals surface area contributed by atoms with Crippen LogP contribution in [0.4, 0.5) is 0 Å². The van der Waals surface area contributed by atoms with Crippen LogP contribution in [0.15, 0.2) is 12.1 Å². The lowest BCUT2D eigenvalue weighted by atomic mass is 10.0. The summed E-state index contributed by atoms with van der Waals surface area (Å²) in [4.78, 5) is 0. The van der Waals surface area contributed by atoms with Crippen molar-refractivity contribution in [1.29, 1.82) is 0 Å². The van der Waals surface area contributed by atoms with Gasteiger partial charge in [0.2, 0.25) is 6.79 Å². The number of fused-ring (bicyclic) bond motifs is 1. The molecule has 1 aromatic rings. The molecule has 0 amide bonds. The number of hydrogen-bond acceptors (Lipinski definition) is 3. The molecule has 0 bridgehead atoms. The summed E-state index contributed by atoms with van der Waals surface area (Å²) >= 11 is 6.04. The van der Waals surface area contributed by atoms with Gasteiger partial charge in [-0.15, -0.1) is 0 Å². The Bertz CT molecular complexity index is 388. The van der Waals surface area contributed by atoms with Crippen molar-refractivity contribution in [2.75, 3.05) is 13.3 Å². The monoisotopic (exact) mass is 225 g/mol. The fraction of sp³-hybridized carbons (Fsp3) is 0.455. The average molecular weight is 226 g/mol. The van der Waals surface area contributed by atoms with E-state index in [4.69, 9.17) is 21.1 Å². The fourth-order valence-electron chi connectivity index (χ4n) is 2.21. The molecule has 1 fully saturated rings. The minimum atomic E-state index is 0.301. The smallest absolute Gasteiger partial charge is 0.231 e. The number of hydrogen-bond donors (Lipinski definition) is 1. The van der Waals surface area contributed by atoms with Crippen molar-refractivity contribution in [3.05, 3.63) is 22.7 Å². The normalized spacial score (nSPS) is 23.4. The lowest BCUT2D eigenvalue weighted by Gasteiger charge is -2.13. The topological polar surface area (TPSA) is 30.5 Å². The molecule has 1 unspecified atom stereocenters. The van der Waals surface area contributed by atoms with Crippen LogP contribution in [0.3, 0.4) is 0 Å². The summed E-state index contributed by atoms with van der Waals surface area (Å²) in [6.07, 6.45) is 2.34. The van der Waals surface area contributed by atoms with Crippen LogP contribution in [-0.2, 0) is 0 Å². The Balaban J connectivity index is 2.05. The van der Waals surface area contributed by atoms with Crippen LogP contribution in [0.2, 0.25) is 5.02 Å². The van der Waals surface area contributed by atoms with E-state index in [0.717, 1.165) is 30.0 Å². The van der Waals surface area contributed by atoms with Gasteiger partial charge in [0.15, 0.2) is 11.5 Å². The first-order chi connectivity index (χ1) is 7.34. The van der Waals surface area contributed by atoms with Crippen LogP contribution in [0.5, 0.6) is 11.5 Å². The predicted molar refractivity (Wildman–Crippen MR) is 57.6 cm³/mol. The molecule has 2 aliphatic heterocycles. The highest BCUT2D eigenvalue weighted by Crippen LogP contribution is 2.42. The van der Waals surface area contributed by atoms with E-state index in [1.54, 1.807) is 0 Å². The zero-order valence-corrected chi connectivity index (χ0v) is 9.01. The minimum Gasteiger partial charge on any atom is -0.454 e. The summed E-state index contributed by atoms with van der Waals surface area (Å²) in [5, 5.41) is 4.15. The Kier molecular flexibility index (Phi) is 2.22. The maximum atomic E-state index is 6.04. The highest BCUT2D eigenvalue weighted by molar-refractivity contribution is 6.30. The molecular weight excluding hydrogens is 214 g/mol. The van der Waals surface area contributed by atoms with Gasteiger partial charge in [-0.25, -0.2) is 0 Å². The highest BCUT2D eigenvalue weighted by atomic mass is 35.5. The molecule has 3 nitrogen and oxygen atoms in total. The van der Waals surface area contributed by atoms with Gasteiger partial charge in [0.05, 0.1) is 0 Å². The third-order valence-electron chi connectivity index (χ3n) is 2.90. The van der Waals surface area contributed by atoms with Gasteiger partial charge in [0, 0.05) is 22.7 Å². The molecule has 1 aromatic carbocycles. The van der Waals surface area contributed by atoms with E-state index in [2.05, 4.69) is 5.32 Å². The van der Waals surface area contributed by atoms with Gasteiger partial charge in [0.25, 0.3) is 0 Å². The lowest BCUT2D eigenvalue weighted by molar-refractivity contribution is 0.173. The first-order valence-corrected chi connectivity index (χ1v) is 5.55. The SMILES string of the molecule is Clc1cc2c(c(C3CCCN3)c1)OCO2. The second-order valence-electron chi connectivity index (χ2n) is 3.88. The van der Waals surface area contributed by atoms with Gasteiger partial charge < -0.3 is 14.8 Å². The van der Waals surface area contributed by atoms with Crippen LogP contribution in [0.1, 0.15) is 24.4 Å². The van der Waals surface area contributed by atoms with Crippen molar-refractivity contribution in [1.82, 2.24) is 5.32 Å². The first-order valence-electron chi connectivity index (χ1n) is 5.17. The molecule has 0 spiro atoms. The zero-order valence-electron chi connectivity index (χ0n) is 8.25. The van der Waals surface area contributed by atoms with E-state index < -0.39 is 0 Å². The summed E-state index contributed by atoms with van der Waals surface area (Å²) in [5.41, 5.74) is 1.13. The van der Waals surface area contributed by atoms with E-state index in [1.807, 2.05) is 12.1 Å². The molecule has 1 N–H and O–H groups in total. The molecule has 0 saturated carbocycles. The Hall–Kier alpha value is -0.930. The molecule has 4 heteroatoms. The summed E-state index contributed by atoms with van der Waals surface area (Å²) < 4.78 is 10.8. The van der Waals surface area contributed by atoms with Crippen molar-refractivity contribution >= 4 is 11.6 Å². The maximum Gasteiger partial charge on any atom is 0.231 e. The molecule has 0 aromatic heterocycles. The molecule has 2 heterocycles. The number of halogens is 1. The van der Waals surface area contributed by atoms with Gasteiger partial charge in [-0.2, -0.15) is 0 Å². The van der Waals surface area contributed by atoms with E-state index in [0.29, 0.717) is 17.9 Å². The number of benzene rings is 1. The predicted octanol–water partition coefficient (Wildman–Crippen LogP) is 2.49. The Morgan fingerprint density at radius 2 is 2.27 bits per heavy atom. The van der Waals surface area contributed by atoms with Crippen molar-refractivity contribution in [3.63, 3.8) is 0 Å². The number of ether oxygens (including phenoxy) is 2. The summed E-state index contributed by atoms with van der Waals surface area (Å²) in [6, 6.07) is 4.14. The summed E-state index contributed by atoms with van der Waals surface area (Å²) in [6.45, 7) is 1.36. The summed E-state index contributed by atoms with van der Waals surface area (Å²) in [5.74, 6) is 1.63. The third-order valence-corrected chi connectivity index (χ3v) is 3.12. The van der Waals surface area contributed by atoms with Crippen LogP contribution >= 0.6 is 11.6 Å². The quantitative estimate of drug-likeness (QED) is 0.797. The van der Waals surface area contributed by atoms with Crippen molar-refractivity contribution in [2.45, 2.75) is 18.9 Å². The van der Waals surface area contributed by atoms with Crippen LogP contribution < -0.4 is 14.8 Å². The molecule has 3 rings (SSSR count). The lowest BCUT2D eigenvalue weighted by Crippen LogP contribution is -2.13. The molecule has 1 saturated heterocycles. The van der Waals surface area contributed by atoms with Gasteiger partial charge >= 0.3 is 0 Å². The Morgan fingerprint density at radius 3 is 3.07 bits per heavy atom. The standard InChI is InChI=1S/C11H12ClNO2/c12-7-4-8(9-2-1-3-13-9)11-10(5-7)14-6-15-11/h4-5,9,13H,1-3,6H2. The van der Waals surface area contributed by atoms with E-state index >= 15 is 0 Å². The first kappa shape index (κ1) is 9.31. The van der Waals surface area contributed by atoms with Gasteiger partial charge in [-0.05, 0) is 25.5 Å². The van der Waals surface area contributed by atoms with E-state index in [1.165, 1.54) is 6.42 Å². The molecule has 0 radical (unpaired) electrons. The molecular formula is C11H12ClNO2. The second-order valence-corrected chi connectivity index (χ2v) is 4.31. The van der Waals surface area contributed by atoms with Gasteiger partial charge in [-0.1, -0.05) is 11.6 Å². The number of nitrogens with one attached hydrogen (secondary N) is 1. The van der Waals surface area contributed by atoms with E-state index in [-0.39, 0.29) is 0 Å². The number of rotatable bonds is 1. The molecule has 80 valence electrons. The van der Waals surface area contributed by atoms with Gasteiger partial charge in [-0.3, -0.25) is 0 Å².